The van der Waals surface area contributed by atoms with E-state index < -0.39 is 0 Å². The lowest BCUT2D eigenvalue weighted by Gasteiger charge is -2.24. The highest BCUT2D eigenvalue weighted by atomic mass is 16.5. The first-order chi connectivity index (χ1) is 17.8. The molecule has 2 aliphatic rings. The molecule has 2 aromatic heterocycles. The monoisotopic (exact) mass is 526 g/mol. The van der Waals surface area contributed by atoms with Crippen LogP contribution in [-0.2, 0) is 14.2 Å². The van der Waals surface area contributed by atoms with E-state index in [1.54, 1.807) is 31.1 Å². The number of nitrogens with zero attached hydrogens (tertiary/aromatic N) is 6. The van der Waals surface area contributed by atoms with Gasteiger partial charge in [0.15, 0.2) is 0 Å². The van der Waals surface area contributed by atoms with Gasteiger partial charge in [0, 0.05) is 64.1 Å². The average molecular weight is 527 g/mol. The van der Waals surface area contributed by atoms with E-state index in [0.29, 0.717) is 0 Å². The molecule has 4 rings (SSSR count). The van der Waals surface area contributed by atoms with Crippen molar-refractivity contribution in [3.8, 4) is 0 Å². The number of hydrogen-bond donors (Lipinski definition) is 2. The molecule has 2 fully saturated rings. The van der Waals surface area contributed by atoms with Crippen LogP contribution in [0.1, 0.15) is 12.7 Å². The van der Waals surface area contributed by atoms with Crippen LogP contribution < -0.4 is 0 Å². The molecular weight excluding hydrogens is 472 g/mol. The van der Waals surface area contributed by atoms with Crippen LogP contribution in [0.5, 0.6) is 0 Å². The summed E-state index contributed by atoms with van der Waals surface area (Å²) in [6.07, 6.45) is 8.62. The number of rotatable bonds is 7. The summed E-state index contributed by atoms with van der Waals surface area (Å²) in [4.78, 5) is 22.1. The fourth-order valence-electron chi connectivity index (χ4n) is 2.73. The smallest absolute Gasteiger partial charge is 0.102 e. The van der Waals surface area contributed by atoms with E-state index in [2.05, 4.69) is 81.7 Å². The number of nitrogens with one attached hydrogen (secondary N) is 2. The molecular formula is C26H54N8O3. The van der Waals surface area contributed by atoms with Gasteiger partial charge >= 0.3 is 0 Å². The van der Waals surface area contributed by atoms with Gasteiger partial charge in [0.05, 0.1) is 46.0 Å². The van der Waals surface area contributed by atoms with E-state index in [0.717, 1.165) is 84.7 Å². The zero-order valence-electron chi connectivity index (χ0n) is 24.5. The fraction of sp³-hybridized carbons (Fsp3) is 0.769. The Hall–Kier alpha value is -1.86. The molecule has 0 bridgehead atoms. The maximum Gasteiger partial charge on any atom is 0.102 e. The number of morpholine rings is 2. The maximum atomic E-state index is 5.37. The van der Waals surface area contributed by atoms with Crippen LogP contribution in [0.25, 0.3) is 0 Å². The lowest BCUT2D eigenvalue weighted by molar-refractivity contribution is 0.0405. The van der Waals surface area contributed by atoms with Crippen LogP contribution in [0, 0.1) is 6.92 Å². The van der Waals surface area contributed by atoms with Crippen molar-refractivity contribution in [3.05, 3.63) is 36.9 Å². The van der Waals surface area contributed by atoms with E-state index in [9.17, 15) is 0 Å². The molecule has 0 aromatic carbocycles. The van der Waals surface area contributed by atoms with Crippen LogP contribution in [0.15, 0.2) is 31.1 Å². The quantitative estimate of drug-likeness (QED) is 0.521. The molecule has 2 N–H and O–H groups in total. The van der Waals surface area contributed by atoms with Crippen molar-refractivity contribution >= 4 is 0 Å². The van der Waals surface area contributed by atoms with E-state index in [-0.39, 0.29) is 0 Å². The Kier molecular flexibility index (Phi) is 24.5. The van der Waals surface area contributed by atoms with Gasteiger partial charge in [0.2, 0.25) is 0 Å². The minimum absolute atomic E-state index is 0.834. The predicted molar refractivity (Wildman–Crippen MR) is 151 cm³/mol. The number of aryl methyl sites for hydroxylation is 1. The van der Waals surface area contributed by atoms with Crippen LogP contribution in [0.3, 0.4) is 0 Å². The first-order valence-corrected chi connectivity index (χ1v) is 13.2. The van der Waals surface area contributed by atoms with Gasteiger partial charge in [-0.1, -0.05) is 6.92 Å². The highest BCUT2D eigenvalue weighted by Crippen LogP contribution is 1.93. The summed E-state index contributed by atoms with van der Waals surface area (Å²) in [5.74, 6) is 0.968. The largest absolute Gasteiger partial charge is 0.379 e. The predicted octanol–water partition coefficient (Wildman–Crippen LogP) is 1.54. The second-order valence-corrected chi connectivity index (χ2v) is 9.12. The molecule has 0 saturated carbocycles. The Labute approximate surface area is 225 Å². The van der Waals surface area contributed by atoms with Gasteiger partial charge in [0.1, 0.15) is 5.82 Å². The van der Waals surface area contributed by atoms with Gasteiger partial charge in [-0.15, -0.1) is 0 Å². The fourth-order valence-corrected chi connectivity index (χ4v) is 2.73. The summed E-state index contributed by atoms with van der Waals surface area (Å²) in [6, 6.07) is 0. The number of ether oxygens (including phenoxy) is 3. The van der Waals surface area contributed by atoms with Crippen LogP contribution in [0.4, 0.5) is 0 Å². The molecule has 2 aliphatic heterocycles. The molecule has 11 nitrogen and oxygen atoms in total. The van der Waals surface area contributed by atoms with Gasteiger partial charge in [-0.2, -0.15) is 0 Å². The molecule has 0 atom stereocenters. The summed E-state index contributed by atoms with van der Waals surface area (Å²) >= 11 is 0. The Morgan fingerprint density at radius 1 is 0.892 bits per heavy atom. The Morgan fingerprint density at radius 2 is 1.46 bits per heavy atom. The normalized spacial score (nSPS) is 15.8. The molecule has 0 unspecified atom stereocenters. The summed E-state index contributed by atoms with van der Waals surface area (Å²) in [5.41, 5.74) is 0. The Morgan fingerprint density at radius 3 is 1.70 bits per heavy atom. The molecule has 2 aromatic rings. The second kappa shape index (κ2) is 25.8. The van der Waals surface area contributed by atoms with Gasteiger partial charge in [-0.25, -0.2) is 9.97 Å². The van der Waals surface area contributed by atoms with Crippen molar-refractivity contribution in [2.75, 3.05) is 121 Å². The number of likely N-dealkylation sites (N-methyl/N-ethyl adjacent to an activating group) is 4. The molecule has 0 amide bonds. The van der Waals surface area contributed by atoms with Crippen molar-refractivity contribution in [3.63, 3.8) is 0 Å². The zero-order chi connectivity index (χ0) is 27.6. The van der Waals surface area contributed by atoms with Crippen molar-refractivity contribution in [2.45, 2.75) is 13.8 Å². The van der Waals surface area contributed by atoms with E-state index in [1.807, 2.05) is 6.92 Å². The summed E-state index contributed by atoms with van der Waals surface area (Å²) in [6.45, 7) is 17.1. The lowest BCUT2D eigenvalue weighted by atomic mass is 10.4. The third kappa shape index (κ3) is 27.0. The molecule has 0 spiro atoms. The number of hydrogen-bond acceptors (Lipinski definition) is 9. The average Bonchev–Trinajstić information content (AvgIpc) is 3.63. The number of H-pyrrole nitrogens is 2. The topological polar surface area (TPSA) is 98.0 Å². The molecule has 37 heavy (non-hydrogen) atoms. The van der Waals surface area contributed by atoms with Gasteiger partial charge in [0.25, 0.3) is 0 Å². The molecule has 11 heteroatoms. The highest BCUT2D eigenvalue weighted by molar-refractivity contribution is 4.80. The Balaban J connectivity index is 0.000000448. The van der Waals surface area contributed by atoms with E-state index >= 15 is 0 Å². The van der Waals surface area contributed by atoms with Crippen LogP contribution >= 0.6 is 0 Å². The minimum atomic E-state index is 0.834. The third-order valence-corrected chi connectivity index (χ3v) is 5.19. The minimum Gasteiger partial charge on any atom is -0.379 e. The number of aromatic nitrogens is 4. The van der Waals surface area contributed by atoms with Crippen LogP contribution in [0.2, 0.25) is 0 Å². The first-order valence-electron chi connectivity index (χ1n) is 13.2. The van der Waals surface area contributed by atoms with Crippen molar-refractivity contribution in [2.24, 2.45) is 0 Å². The standard InChI is InChI=1S/C8H20N2O.C6H13NO.C5H11NO.C4H6N2.C3H4N2/c1-9(2)5-7-11-8-6-10(3)4;1-2-7-3-5-8-6-4-7;1-6-2-4-7-5-3-6;1-4-5-2-3-6-4;1-2-5-3-4-1/h5-8H2,1-4H3;2-6H2,1H3;2-5H2,1H3;2-3H,1H3,(H,5,6);1-3H,(H,4,5). The zero-order valence-corrected chi connectivity index (χ0v) is 24.5. The highest BCUT2D eigenvalue weighted by Gasteiger charge is 2.05. The molecule has 2 saturated heterocycles. The summed E-state index contributed by atoms with van der Waals surface area (Å²) < 4.78 is 15.6. The number of imidazole rings is 2. The number of aromatic amines is 2. The molecule has 0 aliphatic carbocycles. The van der Waals surface area contributed by atoms with Crippen molar-refractivity contribution in [1.82, 2.24) is 39.5 Å². The van der Waals surface area contributed by atoms with Gasteiger partial charge in [-0.05, 0) is 48.7 Å². The van der Waals surface area contributed by atoms with E-state index in [1.165, 1.54) is 6.54 Å². The van der Waals surface area contributed by atoms with Gasteiger partial charge in [-0.3, -0.25) is 4.90 Å². The lowest BCUT2D eigenvalue weighted by Crippen LogP contribution is -2.35. The SMILES string of the molecule is CCN1CCOCC1.CN(C)CCOCCN(C)C.CN1CCOCC1.Cc1ncc[nH]1.c1c[nH]cn1. The molecule has 4 heterocycles. The van der Waals surface area contributed by atoms with Gasteiger partial charge < -0.3 is 38.9 Å². The summed E-state index contributed by atoms with van der Waals surface area (Å²) in [7, 11) is 10.3. The summed E-state index contributed by atoms with van der Waals surface area (Å²) in [5, 5.41) is 0. The first kappa shape index (κ1) is 35.1. The van der Waals surface area contributed by atoms with Crippen LogP contribution in [-0.4, -0.2) is 160 Å². The third-order valence-electron chi connectivity index (χ3n) is 5.19. The van der Waals surface area contributed by atoms with E-state index in [4.69, 9.17) is 14.2 Å². The molecule has 0 radical (unpaired) electrons. The van der Waals surface area contributed by atoms with Crippen molar-refractivity contribution < 1.29 is 14.2 Å². The molecule has 216 valence electrons. The maximum absolute atomic E-state index is 5.37. The van der Waals surface area contributed by atoms with Crippen molar-refractivity contribution in [1.29, 1.82) is 0 Å². The Bertz CT molecular complexity index is 618. The second-order valence-electron chi connectivity index (χ2n) is 9.12.